The highest BCUT2D eigenvalue weighted by Crippen LogP contribution is 2.39. The molecule has 0 spiro atoms. The van der Waals surface area contributed by atoms with Crippen LogP contribution in [0.2, 0.25) is 10.0 Å². The Balaban J connectivity index is 1.91. The summed E-state index contributed by atoms with van der Waals surface area (Å²) in [6.45, 7) is 0. The quantitative estimate of drug-likeness (QED) is 0.349. The largest absolute Gasteiger partial charge is 0.142 e. The first-order chi connectivity index (χ1) is 10.1. The highest BCUT2D eigenvalue weighted by molar-refractivity contribution is 9.10. The van der Waals surface area contributed by atoms with Crippen molar-refractivity contribution in [2.24, 2.45) is 0 Å². The number of alkyl halides is 1. The van der Waals surface area contributed by atoms with Crippen LogP contribution >= 0.6 is 66.4 Å². The van der Waals surface area contributed by atoms with Crippen molar-refractivity contribution in [3.63, 3.8) is 0 Å². The molecule has 0 saturated heterocycles. The third kappa shape index (κ3) is 3.32. The third-order valence-electron chi connectivity index (χ3n) is 3.32. The number of thiophene rings is 1. The first kappa shape index (κ1) is 15.8. The van der Waals surface area contributed by atoms with Gasteiger partial charge >= 0.3 is 0 Å². The highest BCUT2D eigenvalue weighted by Gasteiger charge is 2.15. The maximum absolute atomic E-state index is 6.09. The van der Waals surface area contributed by atoms with Gasteiger partial charge in [0.15, 0.2) is 0 Å². The van der Waals surface area contributed by atoms with Gasteiger partial charge in [0.25, 0.3) is 0 Å². The maximum Gasteiger partial charge on any atom is 0.0595 e. The SMILES string of the molecule is Clc1ccc(CC(Br)c2csc3c(Br)cccc23)cc1Cl. The van der Waals surface area contributed by atoms with E-state index in [1.807, 2.05) is 18.2 Å². The van der Waals surface area contributed by atoms with E-state index < -0.39 is 0 Å². The average molecular weight is 465 g/mol. The summed E-state index contributed by atoms with van der Waals surface area (Å²) < 4.78 is 2.43. The molecule has 0 bridgehead atoms. The lowest BCUT2D eigenvalue weighted by atomic mass is 10.0. The molecular weight excluding hydrogens is 455 g/mol. The fourth-order valence-corrected chi connectivity index (χ4v) is 5.19. The molecule has 0 amide bonds. The fourth-order valence-electron chi connectivity index (χ4n) is 2.27. The van der Waals surface area contributed by atoms with Crippen molar-refractivity contribution in [2.45, 2.75) is 11.2 Å². The van der Waals surface area contributed by atoms with E-state index in [9.17, 15) is 0 Å². The van der Waals surface area contributed by atoms with Crippen molar-refractivity contribution in [3.05, 3.63) is 67.4 Å². The number of rotatable bonds is 3. The Morgan fingerprint density at radius 3 is 2.67 bits per heavy atom. The van der Waals surface area contributed by atoms with Gasteiger partial charge < -0.3 is 0 Å². The minimum Gasteiger partial charge on any atom is -0.142 e. The van der Waals surface area contributed by atoms with E-state index >= 15 is 0 Å². The molecule has 0 aliphatic rings. The Hall–Kier alpha value is -0.0600. The van der Waals surface area contributed by atoms with Gasteiger partial charge in [-0.25, -0.2) is 0 Å². The standard InChI is InChI=1S/C16H10Br2Cl2S/c17-12-3-1-2-10-11(8-21-16(10)12)13(18)6-9-4-5-14(19)15(20)7-9/h1-5,7-8,13H,6H2. The summed E-state index contributed by atoms with van der Waals surface area (Å²) in [6.07, 6.45) is 0.870. The van der Waals surface area contributed by atoms with E-state index in [1.165, 1.54) is 21.2 Å². The summed E-state index contributed by atoms with van der Waals surface area (Å²) in [5.74, 6) is 0. The zero-order chi connectivity index (χ0) is 15.0. The van der Waals surface area contributed by atoms with Crippen molar-refractivity contribution in [2.75, 3.05) is 0 Å². The molecule has 0 saturated carbocycles. The second-order valence-corrected chi connectivity index (χ2v) is 8.38. The normalized spacial score (nSPS) is 12.8. The van der Waals surface area contributed by atoms with Crippen molar-refractivity contribution in [1.82, 2.24) is 0 Å². The van der Waals surface area contributed by atoms with Gasteiger partial charge in [0.05, 0.1) is 10.0 Å². The molecule has 3 rings (SSSR count). The van der Waals surface area contributed by atoms with E-state index in [0.717, 1.165) is 10.9 Å². The molecule has 1 aromatic heterocycles. The van der Waals surface area contributed by atoms with E-state index in [2.05, 4.69) is 55.4 Å². The van der Waals surface area contributed by atoms with Crippen LogP contribution in [-0.4, -0.2) is 0 Å². The summed E-state index contributed by atoms with van der Waals surface area (Å²) in [5, 5.41) is 4.70. The van der Waals surface area contributed by atoms with Crippen LogP contribution in [-0.2, 0) is 6.42 Å². The molecule has 3 aromatic rings. The maximum atomic E-state index is 6.09. The van der Waals surface area contributed by atoms with Crippen molar-refractivity contribution < 1.29 is 0 Å². The summed E-state index contributed by atoms with van der Waals surface area (Å²) in [4.78, 5) is 0.248. The minimum atomic E-state index is 0.248. The van der Waals surface area contributed by atoms with Gasteiger partial charge in [-0.05, 0) is 62.4 Å². The second kappa shape index (κ2) is 6.59. The van der Waals surface area contributed by atoms with E-state index in [0.29, 0.717) is 10.0 Å². The average Bonchev–Trinajstić information content (AvgIpc) is 2.88. The smallest absolute Gasteiger partial charge is 0.0595 e. The Morgan fingerprint density at radius 2 is 1.90 bits per heavy atom. The predicted octanol–water partition coefficient (Wildman–Crippen LogP) is 7.65. The Morgan fingerprint density at radius 1 is 1.10 bits per heavy atom. The molecule has 1 atom stereocenters. The molecule has 5 heteroatoms. The summed E-state index contributed by atoms with van der Waals surface area (Å²) in [6, 6.07) is 12.1. The van der Waals surface area contributed by atoms with Gasteiger partial charge in [0, 0.05) is 14.0 Å². The zero-order valence-corrected chi connectivity index (χ0v) is 16.2. The van der Waals surface area contributed by atoms with Crippen LogP contribution in [0.3, 0.4) is 0 Å². The van der Waals surface area contributed by atoms with Crippen molar-refractivity contribution in [1.29, 1.82) is 0 Å². The molecule has 1 unspecified atom stereocenters. The van der Waals surface area contributed by atoms with Gasteiger partial charge in [-0.1, -0.05) is 57.3 Å². The first-order valence-electron chi connectivity index (χ1n) is 6.30. The topological polar surface area (TPSA) is 0 Å². The third-order valence-corrected chi connectivity index (χ3v) is 6.84. The second-order valence-electron chi connectivity index (χ2n) is 4.73. The molecule has 2 aromatic carbocycles. The van der Waals surface area contributed by atoms with Crippen LogP contribution in [0.25, 0.3) is 10.1 Å². The molecule has 0 aliphatic carbocycles. The van der Waals surface area contributed by atoms with E-state index in [1.54, 1.807) is 11.3 Å². The van der Waals surface area contributed by atoms with Crippen LogP contribution < -0.4 is 0 Å². The molecule has 21 heavy (non-hydrogen) atoms. The summed E-state index contributed by atoms with van der Waals surface area (Å²) in [5.41, 5.74) is 2.47. The predicted molar refractivity (Wildman–Crippen MR) is 101 cm³/mol. The zero-order valence-electron chi connectivity index (χ0n) is 10.7. The Bertz CT molecular complexity index is 798. The van der Waals surface area contributed by atoms with Crippen LogP contribution in [0.5, 0.6) is 0 Å². The van der Waals surface area contributed by atoms with Gasteiger partial charge in [-0.2, -0.15) is 0 Å². The molecule has 0 N–H and O–H groups in total. The van der Waals surface area contributed by atoms with Gasteiger partial charge in [-0.3, -0.25) is 0 Å². The number of fused-ring (bicyclic) bond motifs is 1. The minimum absolute atomic E-state index is 0.248. The van der Waals surface area contributed by atoms with Crippen LogP contribution in [0.15, 0.2) is 46.3 Å². The van der Waals surface area contributed by atoms with Crippen LogP contribution in [0.1, 0.15) is 16.0 Å². The molecule has 0 radical (unpaired) electrons. The van der Waals surface area contributed by atoms with Gasteiger partial charge in [-0.15, -0.1) is 11.3 Å². The lowest BCUT2D eigenvalue weighted by Gasteiger charge is -2.10. The molecule has 108 valence electrons. The van der Waals surface area contributed by atoms with Gasteiger partial charge in [0.2, 0.25) is 0 Å². The van der Waals surface area contributed by atoms with E-state index in [-0.39, 0.29) is 4.83 Å². The highest BCUT2D eigenvalue weighted by atomic mass is 79.9. The monoisotopic (exact) mass is 462 g/mol. The van der Waals surface area contributed by atoms with Crippen LogP contribution in [0, 0.1) is 0 Å². The molecule has 0 aliphatic heterocycles. The number of hydrogen-bond acceptors (Lipinski definition) is 1. The number of hydrogen-bond donors (Lipinski definition) is 0. The molecule has 0 nitrogen and oxygen atoms in total. The number of benzene rings is 2. The Labute approximate surface area is 154 Å². The summed E-state index contributed by atoms with van der Waals surface area (Å²) >= 11 is 21.2. The summed E-state index contributed by atoms with van der Waals surface area (Å²) in [7, 11) is 0. The van der Waals surface area contributed by atoms with Crippen molar-refractivity contribution in [3.8, 4) is 0 Å². The molecule has 1 heterocycles. The Kier molecular flexibility index (Phi) is 4.97. The number of halogens is 4. The van der Waals surface area contributed by atoms with E-state index in [4.69, 9.17) is 23.2 Å². The molecule has 0 fully saturated rings. The lowest BCUT2D eigenvalue weighted by molar-refractivity contribution is 0.962. The van der Waals surface area contributed by atoms with Crippen LogP contribution in [0.4, 0.5) is 0 Å². The lowest BCUT2D eigenvalue weighted by Crippen LogP contribution is -1.94. The van der Waals surface area contributed by atoms with Crippen molar-refractivity contribution >= 4 is 76.5 Å². The van der Waals surface area contributed by atoms with Gasteiger partial charge in [0.1, 0.15) is 0 Å². The first-order valence-corrected chi connectivity index (χ1v) is 9.64. The fraction of sp³-hybridized carbons (Fsp3) is 0.125. The molecular formula is C16H10Br2Cl2S.